The van der Waals surface area contributed by atoms with Gasteiger partial charge in [0.25, 0.3) is 0 Å². The van der Waals surface area contributed by atoms with Crippen LogP contribution >= 0.6 is 0 Å². The molecule has 3 rings (SSSR count). The van der Waals surface area contributed by atoms with Crippen LogP contribution in [0.4, 0.5) is 0 Å². The zero-order chi connectivity index (χ0) is 16.6. The number of fused-ring (bicyclic) bond motifs is 1. The molecule has 1 aromatic rings. The highest BCUT2D eigenvalue weighted by atomic mass is 16.6. The molecule has 1 aromatic carbocycles. The maximum atomic E-state index is 12.5. The summed E-state index contributed by atoms with van der Waals surface area (Å²) in [6, 6.07) is 6.43. The lowest BCUT2D eigenvalue weighted by molar-refractivity contribution is -0.146. The topological polar surface area (TPSA) is 75.7 Å². The maximum Gasteiger partial charge on any atom is 0.340 e. The molecular formula is C17H20N2O4. The normalized spacial score (nSPS) is 24.3. The molecule has 23 heavy (non-hydrogen) atoms. The number of amides is 2. The number of nitrogens with one attached hydrogen (secondary N) is 1. The Balaban J connectivity index is 1.87. The number of hydrogen-bond acceptors (Lipinski definition) is 4. The summed E-state index contributed by atoms with van der Waals surface area (Å²) < 4.78 is 5.38. The molecule has 1 saturated heterocycles. The van der Waals surface area contributed by atoms with E-state index in [1.165, 1.54) is 4.90 Å². The number of esters is 1. The summed E-state index contributed by atoms with van der Waals surface area (Å²) in [4.78, 5) is 38.2. The first-order valence-electron chi connectivity index (χ1n) is 7.94. The molecule has 0 unspecified atom stereocenters. The van der Waals surface area contributed by atoms with Gasteiger partial charge >= 0.3 is 5.97 Å². The Bertz CT molecular complexity index is 658. The molecule has 2 aliphatic heterocycles. The smallest absolute Gasteiger partial charge is 0.340 e. The predicted octanol–water partition coefficient (Wildman–Crippen LogP) is 1.76. The highest BCUT2D eigenvalue weighted by Gasteiger charge is 2.46. The van der Waals surface area contributed by atoms with Crippen LogP contribution in [0.1, 0.15) is 55.3 Å². The lowest BCUT2D eigenvalue weighted by atomic mass is 10.1. The summed E-state index contributed by atoms with van der Waals surface area (Å²) in [7, 11) is 0. The Kier molecular flexibility index (Phi) is 4.07. The summed E-state index contributed by atoms with van der Waals surface area (Å²) in [5.41, 5.74) is 1.10. The van der Waals surface area contributed by atoms with Gasteiger partial charge < -0.3 is 10.1 Å². The summed E-state index contributed by atoms with van der Waals surface area (Å²) in [6.45, 7) is 3.90. The number of cyclic esters (lactones) is 1. The zero-order valence-electron chi connectivity index (χ0n) is 13.2. The molecule has 122 valence electrons. The van der Waals surface area contributed by atoms with Gasteiger partial charge in [0.15, 0.2) is 0 Å². The van der Waals surface area contributed by atoms with Crippen LogP contribution in [0, 0.1) is 0 Å². The zero-order valence-corrected chi connectivity index (χ0v) is 13.2. The first-order chi connectivity index (χ1) is 11.0. The molecule has 0 saturated carbocycles. The maximum absolute atomic E-state index is 12.5. The van der Waals surface area contributed by atoms with Crippen molar-refractivity contribution in [2.24, 2.45) is 0 Å². The minimum atomic E-state index is -0.804. The van der Waals surface area contributed by atoms with Crippen LogP contribution in [-0.2, 0) is 14.3 Å². The highest BCUT2D eigenvalue weighted by molar-refractivity contribution is 5.96. The van der Waals surface area contributed by atoms with Gasteiger partial charge in [0.05, 0.1) is 5.56 Å². The molecular weight excluding hydrogens is 296 g/mol. The minimum Gasteiger partial charge on any atom is -0.433 e. The first kappa shape index (κ1) is 15.5. The largest absolute Gasteiger partial charge is 0.433 e. The number of nitrogens with zero attached hydrogens (tertiary/aromatic N) is 1. The molecule has 0 aromatic heterocycles. The van der Waals surface area contributed by atoms with Crippen molar-refractivity contribution in [3.05, 3.63) is 35.4 Å². The van der Waals surface area contributed by atoms with Gasteiger partial charge in [-0.15, -0.1) is 0 Å². The Hall–Kier alpha value is -2.37. The average molecular weight is 316 g/mol. The number of carbonyl (C=O) groups is 3. The Labute approximate surface area is 134 Å². The first-order valence-corrected chi connectivity index (χ1v) is 7.94. The second kappa shape index (κ2) is 6.02. The van der Waals surface area contributed by atoms with Crippen molar-refractivity contribution in [2.75, 3.05) is 0 Å². The van der Waals surface area contributed by atoms with Gasteiger partial charge in [-0.2, -0.15) is 0 Å². The molecule has 3 atom stereocenters. The number of likely N-dealkylation sites (tertiary alicyclic amines) is 1. The molecule has 6 heteroatoms. The molecule has 0 bridgehead atoms. The number of benzene rings is 1. The Morgan fingerprint density at radius 1 is 1.39 bits per heavy atom. The van der Waals surface area contributed by atoms with Crippen LogP contribution in [-0.4, -0.2) is 34.8 Å². The standard InChI is InChI=1S/C17H20N2O4/c1-3-10(2)18-15(21)13-8-9-14(20)19(13)16-11-6-4-5-7-12(11)17(22)23-16/h4-7,10,13,16H,3,8-9H2,1-2H3,(H,18,21)/t10-,13+,16-/m0/s1. The summed E-state index contributed by atoms with van der Waals surface area (Å²) >= 11 is 0. The van der Waals surface area contributed by atoms with E-state index in [-0.39, 0.29) is 24.3 Å². The van der Waals surface area contributed by atoms with Crippen molar-refractivity contribution in [2.45, 2.75) is 51.4 Å². The highest BCUT2D eigenvalue weighted by Crippen LogP contribution is 2.38. The van der Waals surface area contributed by atoms with E-state index in [4.69, 9.17) is 4.74 Å². The van der Waals surface area contributed by atoms with E-state index in [0.29, 0.717) is 17.5 Å². The Morgan fingerprint density at radius 3 is 2.87 bits per heavy atom. The van der Waals surface area contributed by atoms with Crippen molar-refractivity contribution < 1.29 is 19.1 Å². The second-order valence-corrected chi connectivity index (χ2v) is 6.02. The van der Waals surface area contributed by atoms with Gasteiger partial charge in [-0.3, -0.25) is 14.5 Å². The third kappa shape index (κ3) is 2.69. The van der Waals surface area contributed by atoms with Crippen molar-refractivity contribution in [3.8, 4) is 0 Å². The van der Waals surface area contributed by atoms with Gasteiger partial charge in [0.2, 0.25) is 18.0 Å². The molecule has 1 fully saturated rings. The lowest BCUT2D eigenvalue weighted by Crippen LogP contribution is -2.48. The van der Waals surface area contributed by atoms with E-state index in [1.54, 1.807) is 24.3 Å². The average Bonchev–Trinajstić information content (AvgIpc) is 3.08. The number of hydrogen-bond donors (Lipinski definition) is 1. The number of ether oxygens (including phenoxy) is 1. The number of carbonyl (C=O) groups excluding carboxylic acids is 3. The van der Waals surface area contributed by atoms with Crippen LogP contribution in [0.25, 0.3) is 0 Å². The molecule has 0 aliphatic carbocycles. The summed E-state index contributed by atoms with van der Waals surface area (Å²) in [5, 5.41) is 2.91. The molecule has 2 amide bonds. The van der Waals surface area contributed by atoms with Crippen molar-refractivity contribution in [1.82, 2.24) is 10.2 Å². The van der Waals surface area contributed by atoms with E-state index in [2.05, 4.69) is 5.32 Å². The Morgan fingerprint density at radius 2 is 2.13 bits per heavy atom. The fourth-order valence-corrected chi connectivity index (χ4v) is 3.03. The van der Waals surface area contributed by atoms with Crippen LogP contribution < -0.4 is 5.32 Å². The predicted molar refractivity (Wildman–Crippen MR) is 82.4 cm³/mol. The summed E-state index contributed by atoms with van der Waals surface area (Å²) in [6.07, 6.45) is 0.737. The third-order valence-electron chi connectivity index (χ3n) is 4.48. The van der Waals surface area contributed by atoms with Crippen LogP contribution in [0.15, 0.2) is 24.3 Å². The minimum absolute atomic E-state index is 0.0402. The van der Waals surface area contributed by atoms with E-state index in [0.717, 1.165) is 6.42 Å². The SMILES string of the molecule is CC[C@H](C)NC(=O)[C@H]1CCC(=O)N1[C@H]1OC(=O)c2ccccc21. The van der Waals surface area contributed by atoms with E-state index in [9.17, 15) is 14.4 Å². The van der Waals surface area contributed by atoms with Crippen LogP contribution in [0.5, 0.6) is 0 Å². The fourth-order valence-electron chi connectivity index (χ4n) is 3.03. The molecule has 0 radical (unpaired) electrons. The molecule has 2 heterocycles. The van der Waals surface area contributed by atoms with Crippen molar-refractivity contribution in [3.63, 3.8) is 0 Å². The third-order valence-corrected chi connectivity index (χ3v) is 4.48. The van der Waals surface area contributed by atoms with Gasteiger partial charge in [0, 0.05) is 18.0 Å². The van der Waals surface area contributed by atoms with Gasteiger partial charge in [-0.05, 0) is 25.8 Å². The number of rotatable bonds is 4. The van der Waals surface area contributed by atoms with Gasteiger partial charge in [0.1, 0.15) is 6.04 Å². The van der Waals surface area contributed by atoms with E-state index < -0.39 is 18.2 Å². The summed E-state index contributed by atoms with van der Waals surface area (Å²) in [5.74, 6) is -0.805. The lowest BCUT2D eigenvalue weighted by Gasteiger charge is -2.29. The van der Waals surface area contributed by atoms with E-state index >= 15 is 0 Å². The molecule has 1 N–H and O–H groups in total. The van der Waals surface area contributed by atoms with Gasteiger partial charge in [-0.1, -0.05) is 25.1 Å². The van der Waals surface area contributed by atoms with Crippen molar-refractivity contribution >= 4 is 17.8 Å². The van der Waals surface area contributed by atoms with Crippen LogP contribution in [0.2, 0.25) is 0 Å². The van der Waals surface area contributed by atoms with E-state index in [1.807, 2.05) is 13.8 Å². The molecule has 2 aliphatic rings. The molecule has 6 nitrogen and oxygen atoms in total. The second-order valence-electron chi connectivity index (χ2n) is 6.02. The van der Waals surface area contributed by atoms with Gasteiger partial charge in [-0.25, -0.2) is 4.79 Å². The quantitative estimate of drug-likeness (QED) is 0.859. The van der Waals surface area contributed by atoms with Crippen LogP contribution in [0.3, 0.4) is 0 Å². The molecule has 0 spiro atoms. The monoisotopic (exact) mass is 316 g/mol. The fraction of sp³-hybridized carbons (Fsp3) is 0.471. The van der Waals surface area contributed by atoms with Crippen molar-refractivity contribution in [1.29, 1.82) is 0 Å².